The summed E-state index contributed by atoms with van der Waals surface area (Å²) in [6, 6.07) is 66.0. The highest BCUT2D eigenvalue weighted by atomic mass is 14.9. The Kier molecular flexibility index (Phi) is 5.91. The van der Waals surface area contributed by atoms with Crippen molar-refractivity contribution in [1.29, 1.82) is 0 Å². The molecule has 236 valence electrons. The Balaban J connectivity index is 1.13. The molecule has 2 heteroatoms. The molecular weight excluding hydrogens is 617 g/mol. The van der Waals surface area contributed by atoms with Crippen LogP contribution < -0.4 is 0 Å². The first-order valence-electron chi connectivity index (χ1n) is 17.6. The normalized spacial score (nSPS) is 15.1. The molecule has 0 N–H and O–H groups in total. The number of fused-ring (bicyclic) bond motifs is 13. The average Bonchev–Trinajstić information content (AvgIpc) is 3.68. The molecule has 0 amide bonds. The lowest BCUT2D eigenvalue weighted by molar-refractivity contribution is 0.801. The van der Waals surface area contributed by atoms with E-state index in [1.165, 1.54) is 66.4 Å². The van der Waals surface area contributed by atoms with Crippen LogP contribution >= 0.6 is 0 Å². The third-order valence-corrected chi connectivity index (χ3v) is 11.1. The van der Waals surface area contributed by atoms with Crippen LogP contribution in [0.4, 0.5) is 0 Å². The maximum absolute atomic E-state index is 5.32. The lowest BCUT2D eigenvalue weighted by Crippen LogP contribution is -2.26. The van der Waals surface area contributed by atoms with Crippen molar-refractivity contribution in [2.45, 2.75) is 5.41 Å². The second kappa shape index (κ2) is 10.7. The van der Waals surface area contributed by atoms with Crippen molar-refractivity contribution in [1.82, 2.24) is 9.97 Å². The molecule has 2 aliphatic carbocycles. The fourth-order valence-corrected chi connectivity index (χ4v) is 8.94. The summed E-state index contributed by atoms with van der Waals surface area (Å²) in [6.07, 6.45) is 0. The van der Waals surface area contributed by atoms with Crippen molar-refractivity contribution in [3.63, 3.8) is 0 Å². The summed E-state index contributed by atoms with van der Waals surface area (Å²) in [7, 11) is 0. The zero-order valence-electron chi connectivity index (χ0n) is 27.7. The summed E-state index contributed by atoms with van der Waals surface area (Å²) >= 11 is 0. The van der Waals surface area contributed by atoms with Gasteiger partial charge in [-0.05, 0) is 78.5 Å². The standard InChI is InChI=1S/C49H30N2/c1-2-12-31(13-3-1)32-22-24-34(25-23-32)47-40-18-8-11-21-45(40)50-48(51-47)35-27-29-44-41(30-35)38-17-7-10-20-43(38)49(44)42-19-9-6-16-37(42)39-28-26-33-14-4-5-15-36(33)46(39)49/h1-30H. The summed E-state index contributed by atoms with van der Waals surface area (Å²) in [5.41, 5.74) is 16.4. The van der Waals surface area contributed by atoms with Gasteiger partial charge in [0.15, 0.2) is 5.82 Å². The molecule has 0 saturated heterocycles. The molecule has 1 aromatic heterocycles. The zero-order valence-corrected chi connectivity index (χ0v) is 27.7. The van der Waals surface area contributed by atoms with Crippen molar-refractivity contribution in [3.8, 4) is 56.0 Å². The van der Waals surface area contributed by atoms with Crippen LogP contribution in [0.1, 0.15) is 22.3 Å². The highest BCUT2D eigenvalue weighted by Crippen LogP contribution is 2.64. The van der Waals surface area contributed by atoms with Gasteiger partial charge < -0.3 is 0 Å². The molecule has 2 nitrogen and oxygen atoms in total. The van der Waals surface area contributed by atoms with Gasteiger partial charge in [-0.2, -0.15) is 0 Å². The summed E-state index contributed by atoms with van der Waals surface area (Å²) in [6.45, 7) is 0. The van der Waals surface area contributed by atoms with Gasteiger partial charge in [0.25, 0.3) is 0 Å². The lowest BCUT2D eigenvalue weighted by Gasteiger charge is -2.31. The zero-order chi connectivity index (χ0) is 33.5. The minimum Gasteiger partial charge on any atom is -0.228 e. The largest absolute Gasteiger partial charge is 0.228 e. The van der Waals surface area contributed by atoms with Crippen LogP contribution in [0.15, 0.2) is 182 Å². The molecule has 2 aliphatic rings. The summed E-state index contributed by atoms with van der Waals surface area (Å²) in [4.78, 5) is 10.5. The fourth-order valence-electron chi connectivity index (χ4n) is 8.94. The van der Waals surface area contributed by atoms with E-state index in [-0.39, 0.29) is 0 Å². The van der Waals surface area contributed by atoms with Crippen LogP contribution in [0.25, 0.3) is 77.7 Å². The molecule has 0 aliphatic heterocycles. The minimum absolute atomic E-state index is 0.423. The van der Waals surface area contributed by atoms with E-state index in [1.807, 2.05) is 0 Å². The van der Waals surface area contributed by atoms with E-state index in [4.69, 9.17) is 9.97 Å². The Bertz CT molecular complexity index is 2850. The number of para-hydroxylation sites is 1. The minimum atomic E-state index is -0.423. The molecule has 1 spiro atoms. The quantitative estimate of drug-likeness (QED) is 0.191. The third-order valence-electron chi connectivity index (χ3n) is 11.1. The maximum atomic E-state index is 5.32. The van der Waals surface area contributed by atoms with Crippen LogP contribution in [0.5, 0.6) is 0 Å². The molecule has 1 unspecified atom stereocenters. The topological polar surface area (TPSA) is 25.8 Å². The van der Waals surface area contributed by atoms with Crippen LogP contribution in [-0.2, 0) is 5.41 Å². The highest BCUT2D eigenvalue weighted by Gasteiger charge is 2.52. The Morgan fingerprint density at radius 1 is 0.353 bits per heavy atom. The second-order valence-electron chi connectivity index (χ2n) is 13.7. The van der Waals surface area contributed by atoms with E-state index in [0.29, 0.717) is 0 Å². The van der Waals surface area contributed by atoms with Crippen molar-refractivity contribution in [2.75, 3.05) is 0 Å². The smallest absolute Gasteiger partial charge is 0.160 e. The van der Waals surface area contributed by atoms with E-state index in [0.717, 1.165) is 33.5 Å². The number of hydrogen-bond acceptors (Lipinski definition) is 2. The predicted molar refractivity (Wildman–Crippen MR) is 210 cm³/mol. The van der Waals surface area contributed by atoms with Gasteiger partial charge in [0, 0.05) is 16.5 Å². The van der Waals surface area contributed by atoms with E-state index in [1.54, 1.807) is 0 Å². The van der Waals surface area contributed by atoms with Crippen LogP contribution in [0.2, 0.25) is 0 Å². The van der Waals surface area contributed by atoms with E-state index >= 15 is 0 Å². The van der Waals surface area contributed by atoms with E-state index in [2.05, 4.69) is 182 Å². The molecule has 51 heavy (non-hydrogen) atoms. The van der Waals surface area contributed by atoms with Crippen LogP contribution in [0, 0.1) is 0 Å². The molecule has 0 radical (unpaired) electrons. The first-order valence-corrected chi connectivity index (χ1v) is 17.6. The van der Waals surface area contributed by atoms with Gasteiger partial charge in [-0.15, -0.1) is 0 Å². The van der Waals surface area contributed by atoms with Gasteiger partial charge in [0.1, 0.15) is 0 Å². The first kappa shape index (κ1) is 28.2. The monoisotopic (exact) mass is 646 g/mol. The Morgan fingerprint density at radius 2 is 0.941 bits per heavy atom. The van der Waals surface area contributed by atoms with Crippen molar-refractivity contribution < 1.29 is 0 Å². The molecule has 1 atom stereocenters. The molecule has 0 bridgehead atoms. The van der Waals surface area contributed by atoms with Crippen LogP contribution in [-0.4, -0.2) is 9.97 Å². The number of benzene rings is 8. The molecule has 8 aromatic carbocycles. The molecule has 0 saturated carbocycles. The third kappa shape index (κ3) is 3.93. The van der Waals surface area contributed by atoms with Gasteiger partial charge in [0.2, 0.25) is 0 Å². The number of nitrogens with zero attached hydrogens (tertiary/aromatic N) is 2. The van der Waals surface area contributed by atoms with Crippen molar-refractivity contribution >= 4 is 21.7 Å². The van der Waals surface area contributed by atoms with E-state index in [9.17, 15) is 0 Å². The predicted octanol–water partition coefficient (Wildman–Crippen LogP) is 12.1. The lowest BCUT2D eigenvalue weighted by atomic mass is 9.69. The Morgan fingerprint density at radius 3 is 1.75 bits per heavy atom. The fraction of sp³-hybridized carbons (Fsp3) is 0.0204. The number of aromatic nitrogens is 2. The Hall–Kier alpha value is -6.64. The maximum Gasteiger partial charge on any atom is 0.160 e. The van der Waals surface area contributed by atoms with E-state index < -0.39 is 5.41 Å². The van der Waals surface area contributed by atoms with Gasteiger partial charge in [-0.25, -0.2) is 9.97 Å². The van der Waals surface area contributed by atoms with Crippen molar-refractivity contribution in [3.05, 3.63) is 204 Å². The van der Waals surface area contributed by atoms with Gasteiger partial charge >= 0.3 is 0 Å². The molecule has 1 heterocycles. The summed E-state index contributed by atoms with van der Waals surface area (Å²) in [5, 5.41) is 3.61. The number of rotatable bonds is 3. The highest BCUT2D eigenvalue weighted by molar-refractivity contribution is 6.04. The molecule has 0 fully saturated rings. The summed E-state index contributed by atoms with van der Waals surface area (Å²) < 4.78 is 0. The molecule has 9 aromatic rings. The Labute approximate surface area is 296 Å². The second-order valence-corrected chi connectivity index (χ2v) is 13.7. The van der Waals surface area contributed by atoms with Gasteiger partial charge in [-0.1, -0.05) is 170 Å². The van der Waals surface area contributed by atoms with Gasteiger partial charge in [0.05, 0.1) is 16.6 Å². The van der Waals surface area contributed by atoms with Crippen LogP contribution in [0.3, 0.4) is 0 Å². The molecular formula is C49H30N2. The summed E-state index contributed by atoms with van der Waals surface area (Å²) in [5.74, 6) is 0.731. The molecule has 11 rings (SSSR count). The van der Waals surface area contributed by atoms with Crippen molar-refractivity contribution in [2.24, 2.45) is 0 Å². The van der Waals surface area contributed by atoms with Gasteiger partial charge in [-0.3, -0.25) is 0 Å². The number of hydrogen-bond donors (Lipinski definition) is 0. The first-order chi connectivity index (χ1) is 25.3. The SMILES string of the molecule is c1ccc(-c2ccc(-c3nc(-c4ccc5c(c4)-c4ccccc4C54c5ccccc5-c5ccc6ccccc6c54)nc4ccccc34)cc2)cc1. The average molecular weight is 647 g/mol.